The normalized spacial score (nSPS) is 29.5. The van der Waals surface area contributed by atoms with Crippen molar-refractivity contribution in [1.29, 1.82) is 0 Å². The molecule has 1 N–H and O–H groups in total. The molecule has 2 fully saturated rings. The standard InChI is InChI=1S/C10H15N5/c1-7-12-6-13-10(14-7)15-4-8-2-11-3-9(8)5-15/h6,8-9,11H,2-5H2,1H3. The lowest BCUT2D eigenvalue weighted by atomic mass is 10.0. The van der Waals surface area contributed by atoms with Crippen molar-refractivity contribution in [2.75, 3.05) is 31.1 Å². The lowest BCUT2D eigenvalue weighted by Gasteiger charge is -2.16. The van der Waals surface area contributed by atoms with Crippen LogP contribution in [0.1, 0.15) is 5.82 Å². The van der Waals surface area contributed by atoms with Gasteiger partial charge in [-0.3, -0.25) is 0 Å². The summed E-state index contributed by atoms with van der Waals surface area (Å²) >= 11 is 0. The van der Waals surface area contributed by atoms with E-state index in [9.17, 15) is 0 Å². The monoisotopic (exact) mass is 205 g/mol. The van der Waals surface area contributed by atoms with Crippen molar-refractivity contribution in [3.63, 3.8) is 0 Å². The average Bonchev–Trinajstić information content (AvgIpc) is 2.76. The number of hydrogen-bond donors (Lipinski definition) is 1. The molecule has 1 aromatic heterocycles. The van der Waals surface area contributed by atoms with Crippen molar-refractivity contribution < 1.29 is 0 Å². The number of nitrogens with one attached hydrogen (secondary N) is 1. The van der Waals surface area contributed by atoms with Gasteiger partial charge in [0.05, 0.1) is 0 Å². The fourth-order valence-electron chi connectivity index (χ4n) is 2.54. The zero-order valence-corrected chi connectivity index (χ0v) is 8.85. The van der Waals surface area contributed by atoms with Crippen LogP contribution < -0.4 is 10.2 Å². The molecular weight excluding hydrogens is 190 g/mol. The summed E-state index contributed by atoms with van der Waals surface area (Å²) in [5.74, 6) is 3.20. The van der Waals surface area contributed by atoms with Crippen LogP contribution in [-0.4, -0.2) is 41.1 Å². The second kappa shape index (κ2) is 3.41. The van der Waals surface area contributed by atoms with Crippen molar-refractivity contribution in [2.45, 2.75) is 6.92 Å². The minimum absolute atomic E-state index is 0.780. The number of aryl methyl sites for hydroxylation is 1. The van der Waals surface area contributed by atoms with Crippen molar-refractivity contribution in [3.8, 4) is 0 Å². The van der Waals surface area contributed by atoms with E-state index in [4.69, 9.17) is 0 Å². The Morgan fingerprint density at radius 2 is 2.00 bits per heavy atom. The largest absolute Gasteiger partial charge is 0.340 e. The SMILES string of the molecule is Cc1ncnc(N2CC3CNCC3C2)n1. The second-order valence-corrected chi connectivity index (χ2v) is 4.42. The summed E-state index contributed by atoms with van der Waals surface area (Å²) in [6.07, 6.45) is 1.60. The second-order valence-electron chi connectivity index (χ2n) is 4.42. The molecule has 0 spiro atoms. The van der Waals surface area contributed by atoms with Gasteiger partial charge in [0, 0.05) is 26.2 Å². The molecule has 0 bridgehead atoms. The van der Waals surface area contributed by atoms with Crippen LogP contribution in [0, 0.1) is 18.8 Å². The topological polar surface area (TPSA) is 53.9 Å². The van der Waals surface area contributed by atoms with E-state index in [0.29, 0.717) is 0 Å². The van der Waals surface area contributed by atoms with Crippen LogP contribution in [0.2, 0.25) is 0 Å². The molecule has 0 aliphatic carbocycles. The Balaban J connectivity index is 1.79. The van der Waals surface area contributed by atoms with Gasteiger partial charge in [-0.1, -0.05) is 0 Å². The highest BCUT2D eigenvalue weighted by atomic mass is 15.3. The van der Waals surface area contributed by atoms with E-state index >= 15 is 0 Å². The summed E-state index contributed by atoms with van der Waals surface area (Å²) in [5.41, 5.74) is 0. The minimum atomic E-state index is 0.780. The van der Waals surface area contributed by atoms with E-state index in [1.807, 2.05) is 6.92 Å². The Labute approximate surface area is 88.9 Å². The van der Waals surface area contributed by atoms with E-state index in [0.717, 1.165) is 49.8 Å². The summed E-state index contributed by atoms with van der Waals surface area (Å²) < 4.78 is 0. The molecule has 80 valence electrons. The molecule has 3 heterocycles. The number of rotatable bonds is 1. The van der Waals surface area contributed by atoms with Crippen molar-refractivity contribution >= 4 is 5.95 Å². The first-order valence-electron chi connectivity index (χ1n) is 5.44. The maximum Gasteiger partial charge on any atom is 0.228 e. The number of hydrogen-bond acceptors (Lipinski definition) is 5. The van der Waals surface area contributed by atoms with Crippen LogP contribution >= 0.6 is 0 Å². The molecule has 1 aromatic rings. The number of fused-ring (bicyclic) bond motifs is 1. The van der Waals surface area contributed by atoms with Gasteiger partial charge in [0.25, 0.3) is 0 Å². The smallest absolute Gasteiger partial charge is 0.228 e. The minimum Gasteiger partial charge on any atom is -0.340 e. The number of nitrogens with zero attached hydrogens (tertiary/aromatic N) is 4. The summed E-state index contributed by atoms with van der Waals surface area (Å²) in [5, 5.41) is 3.43. The Bertz CT molecular complexity index is 355. The predicted octanol–water partition coefficient (Wildman–Crippen LogP) is -0.164. The van der Waals surface area contributed by atoms with Gasteiger partial charge in [-0.15, -0.1) is 0 Å². The van der Waals surface area contributed by atoms with Crippen molar-refractivity contribution in [2.24, 2.45) is 11.8 Å². The van der Waals surface area contributed by atoms with E-state index in [2.05, 4.69) is 25.2 Å². The molecule has 5 nitrogen and oxygen atoms in total. The van der Waals surface area contributed by atoms with Crippen LogP contribution in [0.4, 0.5) is 5.95 Å². The molecule has 2 aliphatic rings. The highest BCUT2D eigenvalue weighted by Gasteiger charge is 2.36. The van der Waals surface area contributed by atoms with E-state index in [-0.39, 0.29) is 0 Å². The maximum absolute atomic E-state index is 4.37. The van der Waals surface area contributed by atoms with Crippen LogP contribution in [0.15, 0.2) is 6.33 Å². The third-order valence-corrected chi connectivity index (χ3v) is 3.35. The molecule has 5 heteroatoms. The first kappa shape index (κ1) is 9.03. The van der Waals surface area contributed by atoms with Crippen LogP contribution in [0.3, 0.4) is 0 Å². The molecular formula is C10H15N5. The fourth-order valence-corrected chi connectivity index (χ4v) is 2.54. The predicted molar refractivity (Wildman–Crippen MR) is 56.6 cm³/mol. The van der Waals surface area contributed by atoms with Gasteiger partial charge in [0.15, 0.2) is 0 Å². The van der Waals surface area contributed by atoms with Crippen molar-refractivity contribution in [3.05, 3.63) is 12.2 Å². The summed E-state index contributed by atoms with van der Waals surface area (Å²) in [7, 11) is 0. The van der Waals surface area contributed by atoms with E-state index < -0.39 is 0 Å². The molecule has 0 aromatic carbocycles. The van der Waals surface area contributed by atoms with Crippen LogP contribution in [0.25, 0.3) is 0 Å². The summed E-state index contributed by atoms with van der Waals surface area (Å²) in [6, 6.07) is 0. The fraction of sp³-hybridized carbons (Fsp3) is 0.700. The maximum atomic E-state index is 4.37. The molecule has 2 aliphatic heterocycles. The zero-order chi connectivity index (χ0) is 10.3. The molecule has 0 radical (unpaired) electrons. The molecule has 0 amide bonds. The molecule has 0 saturated carbocycles. The third-order valence-electron chi connectivity index (χ3n) is 3.35. The van der Waals surface area contributed by atoms with E-state index in [1.165, 1.54) is 0 Å². The summed E-state index contributed by atoms with van der Waals surface area (Å²) in [4.78, 5) is 14.9. The van der Waals surface area contributed by atoms with E-state index in [1.54, 1.807) is 6.33 Å². The lowest BCUT2D eigenvalue weighted by Crippen LogP contribution is -2.27. The molecule has 2 atom stereocenters. The Hall–Kier alpha value is -1.23. The number of anilines is 1. The van der Waals surface area contributed by atoms with Gasteiger partial charge in [-0.25, -0.2) is 9.97 Å². The average molecular weight is 205 g/mol. The molecule has 15 heavy (non-hydrogen) atoms. The lowest BCUT2D eigenvalue weighted by molar-refractivity contribution is 0.533. The third kappa shape index (κ3) is 1.56. The van der Waals surface area contributed by atoms with Crippen molar-refractivity contribution in [1.82, 2.24) is 20.3 Å². The quantitative estimate of drug-likeness (QED) is 0.690. The summed E-state index contributed by atoms with van der Waals surface area (Å²) in [6.45, 7) is 6.36. The van der Waals surface area contributed by atoms with Gasteiger partial charge < -0.3 is 10.2 Å². The molecule has 2 unspecified atom stereocenters. The van der Waals surface area contributed by atoms with Crippen LogP contribution in [-0.2, 0) is 0 Å². The van der Waals surface area contributed by atoms with Gasteiger partial charge in [-0.05, 0) is 18.8 Å². The van der Waals surface area contributed by atoms with Gasteiger partial charge in [0.2, 0.25) is 5.95 Å². The molecule has 3 rings (SSSR count). The van der Waals surface area contributed by atoms with Crippen LogP contribution in [0.5, 0.6) is 0 Å². The first-order valence-corrected chi connectivity index (χ1v) is 5.44. The Morgan fingerprint density at radius 1 is 1.27 bits per heavy atom. The highest BCUT2D eigenvalue weighted by Crippen LogP contribution is 2.28. The first-order chi connectivity index (χ1) is 7.33. The highest BCUT2D eigenvalue weighted by molar-refractivity contribution is 5.31. The Morgan fingerprint density at radius 3 is 2.67 bits per heavy atom. The molecule has 2 saturated heterocycles. The van der Waals surface area contributed by atoms with Gasteiger partial charge >= 0.3 is 0 Å². The number of aromatic nitrogens is 3. The van der Waals surface area contributed by atoms with Gasteiger partial charge in [-0.2, -0.15) is 4.98 Å². The zero-order valence-electron chi connectivity index (χ0n) is 8.85. The van der Waals surface area contributed by atoms with Gasteiger partial charge in [0.1, 0.15) is 12.2 Å². The Kier molecular flexibility index (Phi) is 2.05.